The topological polar surface area (TPSA) is 114 Å². The lowest BCUT2D eigenvalue weighted by Crippen LogP contribution is -2.19. The van der Waals surface area contributed by atoms with Crippen LogP contribution in [-0.2, 0) is 0 Å². The standard InChI is InChI=1S/C22H17FN4O4/c1-14(15-6-12-20(13-7-15)27(30)31)25-26-22(29)17-4-10-19(11-5-17)24-21(28)16-2-8-18(23)9-3-16/h2-13H,1H3,(H,24,28)(H,26,29). The number of hydrogen-bond donors (Lipinski definition) is 2. The van der Waals surface area contributed by atoms with E-state index in [-0.39, 0.29) is 5.69 Å². The summed E-state index contributed by atoms with van der Waals surface area (Å²) in [6, 6.07) is 17.1. The number of amides is 2. The second-order valence-corrected chi connectivity index (χ2v) is 6.48. The molecule has 0 radical (unpaired) electrons. The molecule has 31 heavy (non-hydrogen) atoms. The lowest BCUT2D eigenvalue weighted by Gasteiger charge is -2.07. The van der Waals surface area contributed by atoms with Gasteiger partial charge in [-0.05, 0) is 73.2 Å². The molecule has 0 aliphatic carbocycles. The summed E-state index contributed by atoms with van der Waals surface area (Å²) in [6.45, 7) is 1.66. The predicted molar refractivity (Wildman–Crippen MR) is 114 cm³/mol. The van der Waals surface area contributed by atoms with Crippen LogP contribution in [0.3, 0.4) is 0 Å². The highest BCUT2D eigenvalue weighted by Crippen LogP contribution is 2.14. The van der Waals surface area contributed by atoms with Crippen LogP contribution in [0.1, 0.15) is 33.2 Å². The Morgan fingerprint density at radius 1 is 0.839 bits per heavy atom. The second kappa shape index (κ2) is 9.40. The normalized spacial score (nSPS) is 11.0. The molecular weight excluding hydrogens is 403 g/mol. The fourth-order valence-corrected chi connectivity index (χ4v) is 2.60. The average molecular weight is 420 g/mol. The highest BCUT2D eigenvalue weighted by molar-refractivity contribution is 6.04. The molecule has 0 unspecified atom stereocenters. The summed E-state index contributed by atoms with van der Waals surface area (Å²) in [4.78, 5) is 34.6. The molecule has 8 nitrogen and oxygen atoms in total. The van der Waals surface area contributed by atoms with Gasteiger partial charge in [-0.3, -0.25) is 19.7 Å². The van der Waals surface area contributed by atoms with Gasteiger partial charge in [0.2, 0.25) is 0 Å². The van der Waals surface area contributed by atoms with Crippen molar-refractivity contribution in [2.45, 2.75) is 6.92 Å². The summed E-state index contributed by atoms with van der Waals surface area (Å²) in [6.07, 6.45) is 0. The second-order valence-electron chi connectivity index (χ2n) is 6.48. The van der Waals surface area contributed by atoms with Gasteiger partial charge in [0, 0.05) is 28.9 Å². The number of carbonyl (C=O) groups is 2. The number of carbonyl (C=O) groups excluding carboxylic acids is 2. The zero-order valence-corrected chi connectivity index (χ0v) is 16.3. The summed E-state index contributed by atoms with van der Waals surface area (Å²) < 4.78 is 12.9. The van der Waals surface area contributed by atoms with Gasteiger partial charge in [-0.2, -0.15) is 5.10 Å². The Morgan fingerprint density at radius 2 is 1.35 bits per heavy atom. The Kier molecular flexibility index (Phi) is 6.46. The Labute approximate surface area is 176 Å². The van der Waals surface area contributed by atoms with Gasteiger partial charge < -0.3 is 5.32 Å². The smallest absolute Gasteiger partial charge is 0.271 e. The Balaban J connectivity index is 1.60. The number of nitrogens with zero attached hydrogens (tertiary/aromatic N) is 2. The number of rotatable bonds is 6. The number of nitrogens with one attached hydrogen (secondary N) is 2. The minimum absolute atomic E-state index is 0.0350. The molecule has 9 heteroatoms. The van der Waals surface area contributed by atoms with Crippen molar-refractivity contribution >= 4 is 28.9 Å². The molecule has 0 fully saturated rings. The molecular formula is C22H17FN4O4. The zero-order valence-electron chi connectivity index (χ0n) is 16.3. The predicted octanol–water partition coefficient (Wildman–Crippen LogP) is 4.14. The van der Waals surface area contributed by atoms with E-state index in [9.17, 15) is 24.1 Å². The molecule has 0 aliphatic heterocycles. The van der Waals surface area contributed by atoms with Crippen LogP contribution in [0.2, 0.25) is 0 Å². The van der Waals surface area contributed by atoms with Gasteiger partial charge >= 0.3 is 0 Å². The maximum absolute atomic E-state index is 12.9. The molecule has 0 spiro atoms. The van der Waals surface area contributed by atoms with Crippen LogP contribution in [0.15, 0.2) is 77.9 Å². The van der Waals surface area contributed by atoms with E-state index in [4.69, 9.17) is 0 Å². The van der Waals surface area contributed by atoms with Gasteiger partial charge in [0.15, 0.2) is 0 Å². The lowest BCUT2D eigenvalue weighted by molar-refractivity contribution is -0.384. The van der Waals surface area contributed by atoms with Crippen LogP contribution >= 0.6 is 0 Å². The van der Waals surface area contributed by atoms with E-state index in [2.05, 4.69) is 15.8 Å². The highest BCUT2D eigenvalue weighted by atomic mass is 19.1. The molecule has 2 amide bonds. The van der Waals surface area contributed by atoms with Crippen LogP contribution in [0.25, 0.3) is 0 Å². The first kappa shape index (κ1) is 21.3. The van der Waals surface area contributed by atoms with E-state index >= 15 is 0 Å². The van der Waals surface area contributed by atoms with Crippen molar-refractivity contribution in [3.05, 3.63) is 105 Å². The van der Waals surface area contributed by atoms with Crippen molar-refractivity contribution in [2.75, 3.05) is 5.32 Å². The highest BCUT2D eigenvalue weighted by Gasteiger charge is 2.09. The molecule has 0 aliphatic rings. The molecule has 0 heterocycles. The maximum Gasteiger partial charge on any atom is 0.271 e. The molecule has 2 N–H and O–H groups in total. The number of benzene rings is 3. The molecule has 0 saturated carbocycles. The quantitative estimate of drug-likeness (QED) is 0.354. The zero-order chi connectivity index (χ0) is 22.4. The van der Waals surface area contributed by atoms with Crippen LogP contribution < -0.4 is 10.7 Å². The number of hydrazone groups is 1. The number of non-ortho nitro benzene ring substituents is 1. The van der Waals surface area contributed by atoms with E-state index in [1.807, 2.05) is 0 Å². The van der Waals surface area contributed by atoms with Crippen LogP contribution in [0.5, 0.6) is 0 Å². The van der Waals surface area contributed by atoms with Crippen molar-refractivity contribution in [3.8, 4) is 0 Å². The number of nitro benzene ring substituents is 1. The van der Waals surface area contributed by atoms with E-state index in [1.165, 1.54) is 48.5 Å². The summed E-state index contributed by atoms with van der Waals surface area (Å²) >= 11 is 0. The van der Waals surface area contributed by atoms with E-state index in [0.717, 1.165) is 0 Å². The fourth-order valence-electron chi connectivity index (χ4n) is 2.60. The first-order valence-corrected chi connectivity index (χ1v) is 9.10. The number of hydrogen-bond acceptors (Lipinski definition) is 5. The van der Waals surface area contributed by atoms with E-state index < -0.39 is 22.6 Å². The molecule has 0 aromatic heterocycles. The third kappa shape index (κ3) is 5.57. The summed E-state index contributed by atoms with van der Waals surface area (Å²) in [7, 11) is 0. The molecule has 0 bridgehead atoms. The summed E-state index contributed by atoms with van der Waals surface area (Å²) in [5.74, 6) is -1.29. The van der Waals surface area contributed by atoms with Gasteiger partial charge in [-0.25, -0.2) is 9.82 Å². The van der Waals surface area contributed by atoms with Crippen molar-refractivity contribution in [3.63, 3.8) is 0 Å². The van der Waals surface area contributed by atoms with Crippen molar-refractivity contribution in [2.24, 2.45) is 5.10 Å². The first-order chi connectivity index (χ1) is 14.8. The minimum atomic E-state index is -0.496. The van der Waals surface area contributed by atoms with Crippen molar-refractivity contribution in [1.29, 1.82) is 0 Å². The lowest BCUT2D eigenvalue weighted by atomic mass is 10.1. The van der Waals surface area contributed by atoms with Gasteiger partial charge in [0.25, 0.3) is 17.5 Å². The fraction of sp³-hybridized carbons (Fsp3) is 0.0455. The molecule has 156 valence electrons. The Morgan fingerprint density at radius 3 is 1.94 bits per heavy atom. The van der Waals surface area contributed by atoms with Crippen LogP contribution in [-0.4, -0.2) is 22.4 Å². The minimum Gasteiger partial charge on any atom is -0.322 e. The van der Waals surface area contributed by atoms with Crippen LogP contribution in [0.4, 0.5) is 15.8 Å². The van der Waals surface area contributed by atoms with Crippen molar-refractivity contribution in [1.82, 2.24) is 5.43 Å². The SMILES string of the molecule is CC(=NNC(=O)c1ccc(NC(=O)c2ccc(F)cc2)cc1)c1ccc([N+](=O)[O-])cc1. The summed E-state index contributed by atoms with van der Waals surface area (Å²) in [5, 5.41) is 17.4. The molecule has 3 rings (SSSR count). The van der Waals surface area contributed by atoms with Gasteiger partial charge in [0.1, 0.15) is 5.82 Å². The monoisotopic (exact) mass is 420 g/mol. The van der Waals surface area contributed by atoms with Gasteiger partial charge in [-0.1, -0.05) is 0 Å². The number of halogens is 1. The molecule has 0 atom stereocenters. The summed E-state index contributed by atoms with van der Waals surface area (Å²) in [5.41, 5.74) is 4.58. The van der Waals surface area contributed by atoms with E-state index in [0.29, 0.717) is 28.1 Å². The maximum atomic E-state index is 12.9. The van der Waals surface area contributed by atoms with Gasteiger partial charge in [-0.15, -0.1) is 0 Å². The Bertz CT molecular complexity index is 1140. The first-order valence-electron chi connectivity index (χ1n) is 9.10. The number of anilines is 1. The van der Waals surface area contributed by atoms with Gasteiger partial charge in [0.05, 0.1) is 10.6 Å². The van der Waals surface area contributed by atoms with E-state index in [1.54, 1.807) is 31.2 Å². The third-order valence-corrected chi connectivity index (χ3v) is 4.33. The van der Waals surface area contributed by atoms with Crippen LogP contribution in [0, 0.1) is 15.9 Å². The van der Waals surface area contributed by atoms with Crippen molar-refractivity contribution < 1.29 is 18.9 Å². The Hall–Kier alpha value is -4.40. The molecule has 3 aromatic rings. The largest absolute Gasteiger partial charge is 0.322 e. The third-order valence-electron chi connectivity index (χ3n) is 4.33. The number of nitro groups is 1. The molecule has 0 saturated heterocycles. The average Bonchev–Trinajstić information content (AvgIpc) is 2.78. The molecule has 3 aromatic carbocycles.